The van der Waals surface area contributed by atoms with E-state index in [0.717, 1.165) is 8.79 Å². The van der Waals surface area contributed by atoms with Gasteiger partial charge in [-0.25, -0.2) is 9.97 Å². The Bertz CT molecular complexity index is 560. The summed E-state index contributed by atoms with van der Waals surface area (Å²) in [6, 6.07) is 5.50. The van der Waals surface area contributed by atoms with E-state index in [2.05, 4.69) is 36.5 Å². The molecule has 3 N–H and O–H groups in total. The number of hydrogen-bond donors (Lipinski definition) is 3. The van der Waals surface area contributed by atoms with Crippen molar-refractivity contribution in [2.75, 3.05) is 17.2 Å². The molecule has 0 bridgehead atoms. The van der Waals surface area contributed by atoms with Crippen LogP contribution >= 0.6 is 27.3 Å². The number of thiophene rings is 1. The number of rotatable bonds is 5. The minimum Gasteiger partial charge on any atom is -0.480 e. The lowest BCUT2D eigenvalue weighted by Crippen LogP contribution is -2.13. The second-order valence-electron chi connectivity index (χ2n) is 3.26. The van der Waals surface area contributed by atoms with Crippen LogP contribution in [0.5, 0.6) is 0 Å². The molecule has 0 aliphatic rings. The Morgan fingerprint density at radius 1 is 1.39 bits per heavy atom. The topological polar surface area (TPSA) is 87.1 Å². The first-order chi connectivity index (χ1) is 8.63. The molecule has 2 aromatic rings. The predicted molar refractivity (Wildman–Crippen MR) is 73.5 cm³/mol. The summed E-state index contributed by atoms with van der Waals surface area (Å²) in [5.41, 5.74) is 0. The fourth-order valence-electron chi connectivity index (χ4n) is 1.20. The van der Waals surface area contributed by atoms with Gasteiger partial charge in [-0.05, 0) is 28.1 Å². The maximum Gasteiger partial charge on any atom is 0.322 e. The van der Waals surface area contributed by atoms with Gasteiger partial charge in [-0.1, -0.05) is 0 Å². The van der Waals surface area contributed by atoms with Gasteiger partial charge in [0.1, 0.15) is 24.5 Å². The van der Waals surface area contributed by atoms with E-state index in [9.17, 15) is 4.79 Å². The summed E-state index contributed by atoms with van der Waals surface area (Å²) in [5, 5.41) is 15.3. The third kappa shape index (κ3) is 3.67. The molecule has 8 heteroatoms. The highest BCUT2D eigenvalue weighted by Crippen LogP contribution is 2.28. The fourth-order valence-corrected chi connectivity index (χ4v) is 2.49. The first kappa shape index (κ1) is 12.8. The maximum absolute atomic E-state index is 10.4. The van der Waals surface area contributed by atoms with E-state index in [1.54, 1.807) is 6.07 Å². The third-order valence-corrected chi connectivity index (χ3v) is 3.45. The number of nitrogens with one attached hydrogen (secondary N) is 2. The van der Waals surface area contributed by atoms with Crippen LogP contribution in [0.15, 0.2) is 28.3 Å². The molecule has 0 atom stereocenters. The van der Waals surface area contributed by atoms with Gasteiger partial charge in [0.15, 0.2) is 0 Å². The number of hydrogen-bond acceptors (Lipinski definition) is 6. The molecule has 0 fully saturated rings. The SMILES string of the molecule is O=C(O)CNc1cc(Nc2ccc(Br)s2)ncn1. The number of carboxylic acids is 1. The van der Waals surface area contributed by atoms with E-state index in [-0.39, 0.29) is 6.54 Å². The van der Waals surface area contributed by atoms with Crippen molar-refractivity contribution in [1.29, 1.82) is 0 Å². The molecule has 0 amide bonds. The number of carboxylic acid groups (broad SMARTS) is 1. The first-order valence-electron chi connectivity index (χ1n) is 4.93. The molecule has 0 saturated carbocycles. The van der Waals surface area contributed by atoms with Crippen LogP contribution in [-0.2, 0) is 4.79 Å². The quantitative estimate of drug-likeness (QED) is 0.781. The standard InChI is InChI=1S/C10H9BrN4O2S/c11-6-1-2-9(18-6)15-8-3-7(13-5-14-8)12-4-10(16)17/h1-3,5H,4H2,(H,16,17)(H2,12,13,14,15). The van der Waals surface area contributed by atoms with Gasteiger partial charge in [0.25, 0.3) is 0 Å². The summed E-state index contributed by atoms with van der Waals surface area (Å²) >= 11 is 4.91. The minimum atomic E-state index is -0.940. The smallest absolute Gasteiger partial charge is 0.322 e. The fraction of sp³-hybridized carbons (Fsp3) is 0.100. The van der Waals surface area contributed by atoms with E-state index in [1.807, 2.05) is 12.1 Å². The molecule has 6 nitrogen and oxygen atoms in total. The lowest BCUT2D eigenvalue weighted by molar-refractivity contribution is -0.134. The Labute approximate surface area is 115 Å². The third-order valence-electron chi connectivity index (χ3n) is 1.91. The molecular formula is C10H9BrN4O2S. The molecule has 0 aromatic carbocycles. The van der Waals surface area contributed by atoms with Crippen LogP contribution in [-0.4, -0.2) is 27.6 Å². The number of anilines is 3. The summed E-state index contributed by atoms with van der Waals surface area (Å²) in [5.74, 6) is 0.128. The van der Waals surface area contributed by atoms with Crippen LogP contribution in [0.2, 0.25) is 0 Å². The molecule has 0 unspecified atom stereocenters. The van der Waals surface area contributed by atoms with Crippen LogP contribution < -0.4 is 10.6 Å². The average Bonchev–Trinajstić information content (AvgIpc) is 2.73. The molecule has 0 aliphatic heterocycles. The molecule has 0 radical (unpaired) electrons. The van der Waals surface area contributed by atoms with Gasteiger partial charge in [-0.15, -0.1) is 11.3 Å². The second-order valence-corrected chi connectivity index (χ2v) is 5.73. The molecule has 2 aromatic heterocycles. The largest absolute Gasteiger partial charge is 0.480 e. The lowest BCUT2D eigenvalue weighted by Gasteiger charge is -2.05. The van der Waals surface area contributed by atoms with Crippen molar-refractivity contribution in [2.24, 2.45) is 0 Å². The molecule has 0 aliphatic carbocycles. The van der Waals surface area contributed by atoms with Crippen LogP contribution in [0, 0.1) is 0 Å². The monoisotopic (exact) mass is 328 g/mol. The zero-order valence-corrected chi connectivity index (χ0v) is 11.5. The summed E-state index contributed by atoms with van der Waals surface area (Å²) < 4.78 is 1.02. The Hall–Kier alpha value is -1.67. The highest BCUT2D eigenvalue weighted by molar-refractivity contribution is 9.11. The zero-order valence-electron chi connectivity index (χ0n) is 9.05. The van der Waals surface area contributed by atoms with E-state index in [0.29, 0.717) is 11.6 Å². The van der Waals surface area contributed by atoms with Crippen LogP contribution in [0.3, 0.4) is 0 Å². The zero-order chi connectivity index (χ0) is 13.0. The Balaban J connectivity index is 2.05. The van der Waals surface area contributed by atoms with E-state index < -0.39 is 5.97 Å². The van der Waals surface area contributed by atoms with Crippen molar-refractivity contribution in [2.45, 2.75) is 0 Å². The van der Waals surface area contributed by atoms with Crippen LogP contribution in [0.4, 0.5) is 16.6 Å². The van der Waals surface area contributed by atoms with Gasteiger partial charge in [-0.2, -0.15) is 0 Å². The van der Waals surface area contributed by atoms with Crippen molar-refractivity contribution >= 4 is 49.9 Å². The average molecular weight is 329 g/mol. The summed E-state index contributed by atoms with van der Waals surface area (Å²) in [6.45, 7) is -0.180. The molecular weight excluding hydrogens is 320 g/mol. The summed E-state index contributed by atoms with van der Waals surface area (Å²) in [6.07, 6.45) is 1.37. The van der Waals surface area contributed by atoms with Gasteiger partial charge in [-0.3, -0.25) is 4.79 Å². The highest BCUT2D eigenvalue weighted by Gasteiger charge is 2.03. The number of carbonyl (C=O) groups is 1. The van der Waals surface area contributed by atoms with Gasteiger partial charge in [0, 0.05) is 6.07 Å². The van der Waals surface area contributed by atoms with Gasteiger partial charge >= 0.3 is 5.97 Å². The van der Waals surface area contributed by atoms with Crippen LogP contribution in [0.1, 0.15) is 0 Å². The molecule has 18 heavy (non-hydrogen) atoms. The Morgan fingerprint density at radius 2 is 2.17 bits per heavy atom. The van der Waals surface area contributed by atoms with E-state index in [1.165, 1.54) is 17.7 Å². The second kappa shape index (κ2) is 5.78. The van der Waals surface area contributed by atoms with E-state index >= 15 is 0 Å². The van der Waals surface area contributed by atoms with Gasteiger partial charge < -0.3 is 15.7 Å². The number of aromatic nitrogens is 2. The van der Waals surface area contributed by atoms with Crippen LogP contribution in [0.25, 0.3) is 0 Å². The molecule has 0 spiro atoms. The maximum atomic E-state index is 10.4. The predicted octanol–water partition coefficient (Wildman–Crippen LogP) is 2.54. The van der Waals surface area contributed by atoms with Gasteiger partial charge in [0.2, 0.25) is 0 Å². The van der Waals surface area contributed by atoms with Crippen molar-refractivity contribution in [1.82, 2.24) is 9.97 Å². The minimum absolute atomic E-state index is 0.180. The summed E-state index contributed by atoms with van der Waals surface area (Å²) in [7, 11) is 0. The first-order valence-corrected chi connectivity index (χ1v) is 6.54. The molecule has 2 heterocycles. The van der Waals surface area contributed by atoms with Gasteiger partial charge in [0.05, 0.1) is 8.79 Å². The van der Waals surface area contributed by atoms with E-state index in [4.69, 9.17) is 5.11 Å². The van der Waals surface area contributed by atoms with Crippen molar-refractivity contribution in [3.63, 3.8) is 0 Å². The number of halogens is 1. The van der Waals surface area contributed by atoms with Crippen molar-refractivity contribution in [3.8, 4) is 0 Å². The van der Waals surface area contributed by atoms with Crippen molar-refractivity contribution < 1.29 is 9.90 Å². The number of aliphatic carboxylic acids is 1. The Morgan fingerprint density at radius 3 is 2.83 bits per heavy atom. The summed E-state index contributed by atoms with van der Waals surface area (Å²) in [4.78, 5) is 18.4. The van der Waals surface area contributed by atoms with Crippen molar-refractivity contribution in [3.05, 3.63) is 28.3 Å². The molecule has 2 rings (SSSR count). The lowest BCUT2D eigenvalue weighted by atomic mass is 10.5. The molecule has 94 valence electrons. The molecule has 0 saturated heterocycles. The number of nitrogens with zero attached hydrogens (tertiary/aromatic N) is 2. The highest BCUT2D eigenvalue weighted by atomic mass is 79.9. The Kier molecular flexibility index (Phi) is 4.11. The normalized spacial score (nSPS) is 10.1.